The van der Waals surface area contributed by atoms with Crippen molar-refractivity contribution in [1.82, 2.24) is 10.3 Å². The van der Waals surface area contributed by atoms with E-state index in [1.807, 2.05) is 24.6 Å². The smallest absolute Gasteiger partial charge is 0.255 e. The zero-order valence-corrected chi connectivity index (χ0v) is 14.2. The van der Waals surface area contributed by atoms with Gasteiger partial charge in [-0.05, 0) is 37.0 Å². The highest BCUT2D eigenvalue weighted by Gasteiger charge is 2.31. The molecule has 4 rings (SSSR count). The van der Waals surface area contributed by atoms with E-state index in [0.717, 1.165) is 35.4 Å². The molecule has 1 aliphatic rings. The molecule has 1 aromatic carbocycles. The van der Waals surface area contributed by atoms with Crippen LogP contribution in [-0.4, -0.2) is 10.9 Å². The molecule has 122 valence electrons. The minimum absolute atomic E-state index is 0.0620. The highest BCUT2D eigenvalue weighted by molar-refractivity contribution is 7.13. The van der Waals surface area contributed by atoms with Gasteiger partial charge in [0.25, 0.3) is 5.91 Å². The Kier molecular flexibility index (Phi) is 3.94. The zero-order valence-electron chi connectivity index (χ0n) is 13.4. The molecule has 1 aliphatic carbocycles. The predicted molar refractivity (Wildman–Crippen MR) is 94.1 cm³/mol. The van der Waals surface area contributed by atoms with Gasteiger partial charge in [0.1, 0.15) is 5.76 Å². The lowest BCUT2D eigenvalue weighted by molar-refractivity contribution is 0.0949. The van der Waals surface area contributed by atoms with Crippen molar-refractivity contribution < 1.29 is 9.21 Å². The Morgan fingerprint density at radius 2 is 2.08 bits per heavy atom. The Morgan fingerprint density at radius 1 is 1.29 bits per heavy atom. The lowest BCUT2D eigenvalue weighted by atomic mass is 10.1. The highest BCUT2D eigenvalue weighted by Crippen LogP contribution is 2.42. The van der Waals surface area contributed by atoms with Crippen molar-refractivity contribution in [2.24, 2.45) is 0 Å². The van der Waals surface area contributed by atoms with E-state index in [2.05, 4.69) is 22.4 Å². The first kappa shape index (κ1) is 15.1. The fraction of sp³-hybridized carbons (Fsp3) is 0.263. The molecule has 2 aromatic heterocycles. The SMILES string of the molecule is Cc1ncsc1-c1ccc(CNC(=O)c2ccoc2C2CC2)cc1. The van der Waals surface area contributed by atoms with Gasteiger partial charge in [-0.25, -0.2) is 4.98 Å². The van der Waals surface area contributed by atoms with Gasteiger partial charge in [0.2, 0.25) is 0 Å². The second-order valence-electron chi connectivity index (χ2n) is 6.12. The molecule has 2 heterocycles. The number of rotatable bonds is 5. The van der Waals surface area contributed by atoms with E-state index in [4.69, 9.17) is 4.42 Å². The lowest BCUT2D eigenvalue weighted by Crippen LogP contribution is -2.23. The number of carbonyl (C=O) groups excluding carboxylic acids is 1. The number of carbonyl (C=O) groups is 1. The Balaban J connectivity index is 1.41. The second kappa shape index (κ2) is 6.24. The van der Waals surface area contributed by atoms with Crippen molar-refractivity contribution in [2.45, 2.75) is 32.2 Å². The van der Waals surface area contributed by atoms with Gasteiger partial charge in [-0.3, -0.25) is 4.79 Å². The van der Waals surface area contributed by atoms with Gasteiger partial charge in [0, 0.05) is 12.5 Å². The first-order chi connectivity index (χ1) is 11.7. The number of aryl methyl sites for hydroxylation is 1. The van der Waals surface area contributed by atoms with E-state index in [9.17, 15) is 4.79 Å². The monoisotopic (exact) mass is 338 g/mol. The zero-order chi connectivity index (χ0) is 16.5. The van der Waals surface area contributed by atoms with Crippen LogP contribution in [-0.2, 0) is 6.54 Å². The molecule has 1 fully saturated rings. The van der Waals surface area contributed by atoms with Crippen molar-refractivity contribution in [1.29, 1.82) is 0 Å². The Morgan fingerprint density at radius 3 is 2.75 bits per heavy atom. The van der Waals surface area contributed by atoms with Crippen molar-refractivity contribution in [3.8, 4) is 10.4 Å². The summed E-state index contributed by atoms with van der Waals surface area (Å²) >= 11 is 1.64. The van der Waals surface area contributed by atoms with Crippen LogP contribution in [0.25, 0.3) is 10.4 Å². The molecule has 0 spiro atoms. The molecule has 3 aromatic rings. The number of furan rings is 1. The minimum atomic E-state index is -0.0620. The van der Waals surface area contributed by atoms with Gasteiger partial charge in [-0.2, -0.15) is 0 Å². The van der Waals surface area contributed by atoms with E-state index < -0.39 is 0 Å². The molecule has 0 radical (unpaired) electrons. The normalized spacial score (nSPS) is 13.9. The summed E-state index contributed by atoms with van der Waals surface area (Å²) in [5, 5.41) is 2.98. The van der Waals surface area contributed by atoms with E-state index in [0.29, 0.717) is 18.0 Å². The van der Waals surface area contributed by atoms with Crippen LogP contribution in [0.5, 0.6) is 0 Å². The summed E-state index contributed by atoms with van der Waals surface area (Å²) in [6, 6.07) is 10.0. The van der Waals surface area contributed by atoms with Gasteiger partial charge in [-0.1, -0.05) is 24.3 Å². The standard InChI is InChI=1S/C19H18N2O2S/c1-12-18(24-11-21-12)15-4-2-13(3-5-15)10-20-19(22)16-8-9-23-17(16)14-6-7-14/h2-5,8-9,11,14H,6-7,10H2,1H3,(H,20,22). The maximum atomic E-state index is 12.4. The third-order valence-electron chi connectivity index (χ3n) is 4.30. The summed E-state index contributed by atoms with van der Waals surface area (Å²) in [6.07, 6.45) is 3.84. The molecular weight excluding hydrogens is 320 g/mol. The number of aromatic nitrogens is 1. The summed E-state index contributed by atoms with van der Waals surface area (Å²) in [4.78, 5) is 17.8. The molecule has 1 amide bonds. The van der Waals surface area contributed by atoms with Crippen LogP contribution in [0, 0.1) is 6.92 Å². The number of hydrogen-bond donors (Lipinski definition) is 1. The molecule has 0 atom stereocenters. The van der Waals surface area contributed by atoms with Crippen molar-refractivity contribution in [2.75, 3.05) is 0 Å². The molecule has 4 nitrogen and oxygen atoms in total. The molecule has 0 saturated heterocycles. The molecular formula is C19H18N2O2S. The Bertz CT molecular complexity index is 860. The van der Waals surface area contributed by atoms with Crippen LogP contribution in [0.3, 0.4) is 0 Å². The van der Waals surface area contributed by atoms with E-state index in [-0.39, 0.29) is 5.91 Å². The minimum Gasteiger partial charge on any atom is -0.468 e. The summed E-state index contributed by atoms with van der Waals surface area (Å²) in [5.74, 6) is 1.21. The van der Waals surface area contributed by atoms with Crippen molar-refractivity contribution >= 4 is 17.2 Å². The van der Waals surface area contributed by atoms with Crippen LogP contribution in [0.15, 0.2) is 46.5 Å². The number of benzene rings is 1. The predicted octanol–water partition coefficient (Wildman–Crippen LogP) is 4.52. The van der Waals surface area contributed by atoms with Crippen LogP contribution in [0.4, 0.5) is 0 Å². The number of thiazole rings is 1. The van der Waals surface area contributed by atoms with Gasteiger partial charge < -0.3 is 9.73 Å². The largest absolute Gasteiger partial charge is 0.468 e. The van der Waals surface area contributed by atoms with Crippen LogP contribution in [0.2, 0.25) is 0 Å². The molecule has 1 saturated carbocycles. The van der Waals surface area contributed by atoms with E-state index in [1.165, 1.54) is 4.88 Å². The molecule has 1 N–H and O–H groups in total. The van der Waals surface area contributed by atoms with E-state index in [1.54, 1.807) is 23.7 Å². The number of nitrogens with one attached hydrogen (secondary N) is 1. The van der Waals surface area contributed by atoms with Gasteiger partial charge >= 0.3 is 0 Å². The topological polar surface area (TPSA) is 55.1 Å². The molecule has 0 unspecified atom stereocenters. The quantitative estimate of drug-likeness (QED) is 0.744. The van der Waals surface area contributed by atoms with Gasteiger partial charge in [0.05, 0.1) is 27.9 Å². The Hall–Kier alpha value is -2.40. The number of hydrogen-bond acceptors (Lipinski definition) is 4. The van der Waals surface area contributed by atoms with Crippen LogP contribution < -0.4 is 5.32 Å². The summed E-state index contributed by atoms with van der Waals surface area (Å²) in [7, 11) is 0. The van der Waals surface area contributed by atoms with Crippen molar-refractivity contribution in [3.05, 3.63) is 64.7 Å². The summed E-state index contributed by atoms with van der Waals surface area (Å²) in [6.45, 7) is 2.53. The summed E-state index contributed by atoms with van der Waals surface area (Å²) < 4.78 is 5.46. The van der Waals surface area contributed by atoms with Crippen LogP contribution in [0.1, 0.15) is 46.1 Å². The third kappa shape index (κ3) is 2.99. The van der Waals surface area contributed by atoms with Crippen LogP contribution >= 0.6 is 11.3 Å². The average molecular weight is 338 g/mol. The maximum Gasteiger partial charge on any atom is 0.255 e. The molecule has 5 heteroatoms. The number of amides is 1. The first-order valence-corrected chi connectivity index (χ1v) is 8.95. The lowest BCUT2D eigenvalue weighted by Gasteiger charge is -2.06. The maximum absolute atomic E-state index is 12.4. The summed E-state index contributed by atoms with van der Waals surface area (Å²) in [5.41, 5.74) is 5.82. The van der Waals surface area contributed by atoms with Crippen molar-refractivity contribution in [3.63, 3.8) is 0 Å². The van der Waals surface area contributed by atoms with E-state index >= 15 is 0 Å². The first-order valence-electron chi connectivity index (χ1n) is 8.07. The van der Waals surface area contributed by atoms with Gasteiger partial charge in [0.15, 0.2) is 0 Å². The highest BCUT2D eigenvalue weighted by atomic mass is 32.1. The Labute approximate surface area is 144 Å². The number of nitrogens with zero attached hydrogens (tertiary/aromatic N) is 1. The third-order valence-corrected chi connectivity index (χ3v) is 5.28. The second-order valence-corrected chi connectivity index (χ2v) is 6.97. The molecule has 0 aliphatic heterocycles. The fourth-order valence-electron chi connectivity index (χ4n) is 2.80. The van der Waals surface area contributed by atoms with Gasteiger partial charge in [-0.15, -0.1) is 11.3 Å². The fourth-order valence-corrected chi connectivity index (χ4v) is 3.61. The average Bonchev–Trinajstić information content (AvgIpc) is 3.16. The molecule has 0 bridgehead atoms. The molecule has 24 heavy (non-hydrogen) atoms.